The zero-order chi connectivity index (χ0) is 19.7. The molecule has 2 aliphatic rings. The van der Waals surface area contributed by atoms with Crippen molar-refractivity contribution in [3.8, 4) is 0 Å². The van der Waals surface area contributed by atoms with E-state index in [2.05, 4.69) is 20.3 Å². The second-order valence-corrected chi connectivity index (χ2v) is 7.76. The van der Waals surface area contributed by atoms with E-state index in [0.29, 0.717) is 29.5 Å². The van der Waals surface area contributed by atoms with Gasteiger partial charge in [0.1, 0.15) is 5.15 Å². The summed E-state index contributed by atoms with van der Waals surface area (Å²) in [4.78, 5) is 25.5. The van der Waals surface area contributed by atoms with Gasteiger partial charge in [0.05, 0.1) is 6.20 Å². The maximum atomic E-state index is 13.9. The number of amides is 1. The van der Waals surface area contributed by atoms with E-state index in [1.54, 1.807) is 24.4 Å². The standard InChI is InChI=1S/C19H18Cl2FN5O/c20-16-3-1-11(7-24-16)2-4-17(28)23-6-5-12-13-9-27(10-14(12)13)18-15(22)8-25-19(21)26-18/h1-4,7-8,12-14H,5-6,9-10H2,(H,23,28)/b4-2+. The number of carbonyl (C=O) groups excluding carboxylic acids is 1. The van der Waals surface area contributed by atoms with Crippen LogP contribution in [0, 0.1) is 23.6 Å². The number of pyridine rings is 1. The first kappa shape index (κ1) is 19.1. The molecule has 0 spiro atoms. The molecule has 0 aromatic carbocycles. The van der Waals surface area contributed by atoms with Gasteiger partial charge < -0.3 is 10.2 Å². The van der Waals surface area contributed by atoms with Crippen molar-refractivity contribution in [1.29, 1.82) is 0 Å². The van der Waals surface area contributed by atoms with Gasteiger partial charge in [0.2, 0.25) is 11.2 Å². The topological polar surface area (TPSA) is 71.0 Å². The number of halogens is 3. The highest BCUT2D eigenvalue weighted by atomic mass is 35.5. The molecule has 1 N–H and O–H groups in total. The number of anilines is 1. The van der Waals surface area contributed by atoms with E-state index in [0.717, 1.165) is 31.3 Å². The fourth-order valence-corrected chi connectivity index (χ4v) is 4.13. The summed E-state index contributed by atoms with van der Waals surface area (Å²) >= 11 is 11.5. The van der Waals surface area contributed by atoms with E-state index in [4.69, 9.17) is 23.2 Å². The average molecular weight is 422 g/mol. The largest absolute Gasteiger partial charge is 0.353 e. The molecule has 3 heterocycles. The van der Waals surface area contributed by atoms with E-state index >= 15 is 0 Å². The fraction of sp³-hybridized carbons (Fsp3) is 0.368. The third-order valence-corrected chi connectivity index (χ3v) is 5.73. The maximum absolute atomic E-state index is 13.9. The fourth-order valence-electron chi connectivity index (χ4n) is 3.89. The molecule has 1 saturated heterocycles. The second-order valence-electron chi connectivity index (χ2n) is 7.03. The van der Waals surface area contributed by atoms with Crippen molar-refractivity contribution in [2.75, 3.05) is 24.5 Å². The van der Waals surface area contributed by atoms with Crippen LogP contribution in [0.3, 0.4) is 0 Å². The number of carbonyl (C=O) groups is 1. The number of aromatic nitrogens is 3. The van der Waals surface area contributed by atoms with Crippen LogP contribution in [0.25, 0.3) is 6.08 Å². The predicted molar refractivity (Wildman–Crippen MR) is 106 cm³/mol. The van der Waals surface area contributed by atoms with Crippen molar-refractivity contribution >= 4 is 41.0 Å². The first-order chi connectivity index (χ1) is 13.5. The molecule has 9 heteroatoms. The lowest BCUT2D eigenvalue weighted by Crippen LogP contribution is -2.28. The summed E-state index contributed by atoms with van der Waals surface area (Å²) in [6.07, 6.45) is 6.82. The average Bonchev–Trinajstić information content (AvgIpc) is 3.12. The first-order valence-electron chi connectivity index (χ1n) is 9.01. The number of fused-ring (bicyclic) bond motifs is 1. The normalized spacial score (nSPS) is 23.1. The Morgan fingerprint density at radius 1 is 1.25 bits per heavy atom. The van der Waals surface area contributed by atoms with Gasteiger partial charge in [-0.15, -0.1) is 0 Å². The molecular formula is C19H18Cl2FN5O. The molecule has 4 rings (SSSR count). The molecule has 1 aliphatic heterocycles. The molecular weight excluding hydrogens is 404 g/mol. The first-order valence-corrected chi connectivity index (χ1v) is 9.77. The van der Waals surface area contributed by atoms with E-state index in [9.17, 15) is 9.18 Å². The Morgan fingerprint density at radius 3 is 2.75 bits per heavy atom. The Kier molecular flexibility index (Phi) is 5.46. The van der Waals surface area contributed by atoms with Crippen LogP contribution < -0.4 is 10.2 Å². The molecule has 2 aromatic rings. The number of nitrogens with one attached hydrogen (secondary N) is 1. The lowest BCUT2D eigenvalue weighted by molar-refractivity contribution is -0.116. The molecule has 0 radical (unpaired) electrons. The van der Waals surface area contributed by atoms with Crippen molar-refractivity contribution in [3.05, 3.63) is 52.4 Å². The molecule has 2 atom stereocenters. The Hall–Kier alpha value is -2.25. The lowest BCUT2D eigenvalue weighted by Gasteiger charge is -2.21. The van der Waals surface area contributed by atoms with Crippen LogP contribution >= 0.6 is 23.2 Å². The molecule has 2 fully saturated rings. The number of piperidine rings is 1. The van der Waals surface area contributed by atoms with Crippen molar-refractivity contribution in [2.45, 2.75) is 6.42 Å². The summed E-state index contributed by atoms with van der Waals surface area (Å²) in [5.74, 6) is 1.28. The zero-order valence-corrected chi connectivity index (χ0v) is 16.4. The highest BCUT2D eigenvalue weighted by Crippen LogP contribution is 2.54. The smallest absolute Gasteiger partial charge is 0.244 e. The van der Waals surface area contributed by atoms with Gasteiger partial charge in [0.15, 0.2) is 11.6 Å². The highest BCUT2D eigenvalue weighted by molar-refractivity contribution is 6.29. The van der Waals surface area contributed by atoms with Gasteiger partial charge in [-0.1, -0.05) is 17.7 Å². The number of rotatable bonds is 6. The van der Waals surface area contributed by atoms with E-state index in [1.165, 1.54) is 6.08 Å². The zero-order valence-electron chi connectivity index (χ0n) is 14.9. The molecule has 28 heavy (non-hydrogen) atoms. The van der Waals surface area contributed by atoms with Crippen molar-refractivity contribution in [2.24, 2.45) is 17.8 Å². The van der Waals surface area contributed by atoms with Crippen LogP contribution in [-0.4, -0.2) is 40.5 Å². The second kappa shape index (κ2) is 8.01. The molecule has 2 unspecified atom stereocenters. The SMILES string of the molecule is O=C(/C=C/c1ccc(Cl)nc1)NCCC1C2CN(c3nc(Cl)ncc3F)CC12. The van der Waals surface area contributed by atoms with Gasteiger partial charge in [-0.2, -0.15) is 4.98 Å². The summed E-state index contributed by atoms with van der Waals surface area (Å²) in [6, 6.07) is 3.47. The maximum Gasteiger partial charge on any atom is 0.244 e. The van der Waals surface area contributed by atoms with Gasteiger partial charge in [0, 0.05) is 31.9 Å². The minimum atomic E-state index is -0.447. The summed E-state index contributed by atoms with van der Waals surface area (Å²) in [6.45, 7) is 2.14. The van der Waals surface area contributed by atoms with Crippen molar-refractivity contribution in [1.82, 2.24) is 20.3 Å². The Labute approximate surface area is 171 Å². The molecule has 0 bridgehead atoms. The Balaban J connectivity index is 1.19. The molecule has 146 valence electrons. The van der Waals surface area contributed by atoms with Crippen LogP contribution in [0.15, 0.2) is 30.6 Å². The Morgan fingerprint density at radius 2 is 2.04 bits per heavy atom. The van der Waals surface area contributed by atoms with E-state index < -0.39 is 5.82 Å². The number of hydrogen-bond acceptors (Lipinski definition) is 5. The van der Waals surface area contributed by atoms with Crippen LogP contribution in [0.2, 0.25) is 10.4 Å². The van der Waals surface area contributed by atoms with Crippen molar-refractivity contribution in [3.63, 3.8) is 0 Å². The van der Waals surface area contributed by atoms with E-state index in [-0.39, 0.29) is 17.0 Å². The van der Waals surface area contributed by atoms with Gasteiger partial charge in [0.25, 0.3) is 0 Å². The summed E-state index contributed by atoms with van der Waals surface area (Å²) < 4.78 is 13.9. The number of nitrogens with zero attached hydrogens (tertiary/aromatic N) is 4. The molecule has 1 saturated carbocycles. The summed E-state index contributed by atoms with van der Waals surface area (Å²) in [7, 11) is 0. The van der Waals surface area contributed by atoms with Crippen LogP contribution in [-0.2, 0) is 4.79 Å². The predicted octanol–water partition coefficient (Wildman–Crippen LogP) is 3.22. The summed E-state index contributed by atoms with van der Waals surface area (Å²) in [5.41, 5.74) is 0.813. The minimum absolute atomic E-state index is 0.0543. The molecule has 6 nitrogen and oxygen atoms in total. The van der Waals surface area contributed by atoms with Gasteiger partial charge in [-0.3, -0.25) is 4.79 Å². The number of hydrogen-bond donors (Lipinski definition) is 1. The van der Waals surface area contributed by atoms with E-state index in [1.807, 2.05) is 4.90 Å². The monoisotopic (exact) mass is 421 g/mol. The molecule has 2 aromatic heterocycles. The Bertz CT molecular complexity index is 896. The minimum Gasteiger partial charge on any atom is -0.353 e. The molecule has 1 amide bonds. The van der Waals surface area contributed by atoms with Crippen molar-refractivity contribution < 1.29 is 9.18 Å². The van der Waals surface area contributed by atoms with Crippen LogP contribution in [0.5, 0.6) is 0 Å². The van der Waals surface area contributed by atoms with Gasteiger partial charge in [-0.05, 0) is 53.5 Å². The van der Waals surface area contributed by atoms with Crippen LogP contribution in [0.4, 0.5) is 10.2 Å². The third kappa shape index (κ3) is 4.25. The lowest BCUT2D eigenvalue weighted by atomic mass is 10.2. The van der Waals surface area contributed by atoms with Gasteiger partial charge >= 0.3 is 0 Å². The molecule has 1 aliphatic carbocycles. The van der Waals surface area contributed by atoms with Gasteiger partial charge in [-0.25, -0.2) is 14.4 Å². The van der Waals surface area contributed by atoms with Crippen LogP contribution in [0.1, 0.15) is 12.0 Å². The quantitative estimate of drug-likeness (QED) is 0.440. The highest BCUT2D eigenvalue weighted by Gasteiger charge is 2.55. The summed E-state index contributed by atoms with van der Waals surface area (Å²) in [5, 5.41) is 3.37. The third-order valence-electron chi connectivity index (χ3n) is 5.32.